The van der Waals surface area contributed by atoms with Gasteiger partial charge in [0.2, 0.25) is 0 Å². The molecule has 2 rings (SSSR count). The number of carbonyl (C=O) groups is 1. The van der Waals surface area contributed by atoms with Gasteiger partial charge in [0.1, 0.15) is 5.52 Å². The Labute approximate surface area is 84.1 Å². The monoisotopic (exact) mass is 211 g/mol. The Morgan fingerprint density at radius 1 is 1.57 bits per heavy atom. The number of oxazole rings is 1. The smallest absolute Gasteiger partial charge is 0.307 e. The first-order valence-corrected chi connectivity index (χ1v) is 4.30. The van der Waals surface area contributed by atoms with E-state index in [2.05, 4.69) is 4.98 Å². The first-order valence-electron chi connectivity index (χ1n) is 3.92. The highest BCUT2D eigenvalue weighted by molar-refractivity contribution is 6.28. The molecule has 0 saturated heterocycles. The molecule has 0 aliphatic carbocycles. The zero-order valence-corrected chi connectivity index (χ0v) is 7.78. The van der Waals surface area contributed by atoms with E-state index in [1.54, 1.807) is 18.2 Å². The molecule has 14 heavy (non-hydrogen) atoms. The molecule has 1 heterocycles. The van der Waals surface area contributed by atoms with Crippen LogP contribution in [0.15, 0.2) is 22.6 Å². The number of rotatable bonds is 2. The van der Waals surface area contributed by atoms with Gasteiger partial charge in [-0.15, -0.1) is 0 Å². The van der Waals surface area contributed by atoms with Gasteiger partial charge in [-0.2, -0.15) is 4.98 Å². The molecule has 1 N–H and O–H groups in total. The van der Waals surface area contributed by atoms with Crippen molar-refractivity contribution in [2.45, 2.75) is 6.42 Å². The van der Waals surface area contributed by atoms with Crippen LogP contribution < -0.4 is 0 Å². The minimum absolute atomic E-state index is 0.0274. The van der Waals surface area contributed by atoms with E-state index in [9.17, 15) is 4.79 Å². The molecule has 0 spiro atoms. The minimum Gasteiger partial charge on any atom is -0.481 e. The lowest BCUT2D eigenvalue weighted by Gasteiger charge is -1.94. The van der Waals surface area contributed by atoms with E-state index in [0.717, 1.165) is 0 Å². The zero-order valence-electron chi connectivity index (χ0n) is 7.03. The highest BCUT2D eigenvalue weighted by atomic mass is 35.5. The van der Waals surface area contributed by atoms with E-state index >= 15 is 0 Å². The fourth-order valence-corrected chi connectivity index (χ4v) is 1.40. The fraction of sp³-hybridized carbons (Fsp3) is 0.111. The van der Waals surface area contributed by atoms with Crippen LogP contribution in [0.2, 0.25) is 5.35 Å². The van der Waals surface area contributed by atoms with Crippen LogP contribution in [-0.4, -0.2) is 16.1 Å². The molecular formula is C9H6ClNO3. The van der Waals surface area contributed by atoms with Crippen LogP contribution >= 0.6 is 11.6 Å². The molecule has 72 valence electrons. The first-order chi connectivity index (χ1) is 6.65. The third-order valence-electron chi connectivity index (χ3n) is 1.78. The van der Waals surface area contributed by atoms with E-state index in [1.807, 2.05) is 0 Å². The van der Waals surface area contributed by atoms with Gasteiger partial charge in [0, 0.05) is 0 Å². The summed E-state index contributed by atoms with van der Waals surface area (Å²) in [4.78, 5) is 14.3. The first kappa shape index (κ1) is 9.02. The van der Waals surface area contributed by atoms with Crippen molar-refractivity contribution in [1.29, 1.82) is 0 Å². The highest BCUT2D eigenvalue weighted by Crippen LogP contribution is 2.20. The normalized spacial score (nSPS) is 10.6. The average Bonchev–Trinajstić information content (AvgIpc) is 2.42. The van der Waals surface area contributed by atoms with Gasteiger partial charge in [0.25, 0.3) is 5.35 Å². The number of benzene rings is 1. The maximum atomic E-state index is 10.4. The number of aliphatic carboxylic acids is 1. The summed E-state index contributed by atoms with van der Waals surface area (Å²) in [5.41, 5.74) is 1.81. The van der Waals surface area contributed by atoms with Gasteiger partial charge < -0.3 is 9.52 Å². The predicted octanol–water partition coefficient (Wildman–Crippen LogP) is 2.11. The molecule has 0 aliphatic rings. The molecule has 1 aromatic carbocycles. The van der Waals surface area contributed by atoms with Crippen molar-refractivity contribution in [1.82, 2.24) is 4.98 Å². The van der Waals surface area contributed by atoms with Crippen LogP contribution in [0.25, 0.3) is 11.1 Å². The van der Waals surface area contributed by atoms with Crippen LogP contribution in [0.5, 0.6) is 0 Å². The Hall–Kier alpha value is -1.55. The van der Waals surface area contributed by atoms with Gasteiger partial charge in [-0.25, -0.2) is 0 Å². The summed E-state index contributed by atoms with van der Waals surface area (Å²) in [5, 5.41) is 8.64. The average molecular weight is 212 g/mol. The molecule has 0 unspecified atom stereocenters. The molecule has 4 nitrogen and oxygen atoms in total. The molecule has 0 radical (unpaired) electrons. The summed E-state index contributed by atoms with van der Waals surface area (Å²) in [5.74, 6) is -0.876. The van der Waals surface area contributed by atoms with Crippen LogP contribution in [0.4, 0.5) is 0 Å². The summed E-state index contributed by atoms with van der Waals surface area (Å²) >= 11 is 5.55. The van der Waals surface area contributed by atoms with Gasteiger partial charge in [0.05, 0.1) is 6.42 Å². The SMILES string of the molecule is O=C(O)Cc1ccc2oc(Cl)nc2c1. The standard InChI is InChI=1S/C9H6ClNO3/c10-9-11-6-3-5(4-8(12)13)1-2-7(6)14-9/h1-3H,4H2,(H,12,13). The molecule has 5 heteroatoms. The zero-order chi connectivity index (χ0) is 10.1. The number of hydrogen-bond acceptors (Lipinski definition) is 3. The Morgan fingerprint density at radius 2 is 2.36 bits per heavy atom. The maximum absolute atomic E-state index is 10.4. The molecule has 0 amide bonds. The largest absolute Gasteiger partial charge is 0.481 e. The molecule has 0 atom stereocenters. The summed E-state index contributed by atoms with van der Waals surface area (Å²) in [6.45, 7) is 0. The van der Waals surface area contributed by atoms with E-state index in [-0.39, 0.29) is 11.8 Å². The van der Waals surface area contributed by atoms with Gasteiger partial charge in [-0.3, -0.25) is 4.79 Å². The van der Waals surface area contributed by atoms with Crippen molar-refractivity contribution >= 4 is 28.7 Å². The minimum atomic E-state index is -0.876. The molecule has 0 fully saturated rings. The fourth-order valence-electron chi connectivity index (χ4n) is 1.23. The lowest BCUT2D eigenvalue weighted by molar-refractivity contribution is -0.136. The summed E-state index contributed by atoms with van der Waals surface area (Å²) < 4.78 is 5.03. The number of carboxylic acids is 1. The maximum Gasteiger partial charge on any atom is 0.307 e. The van der Waals surface area contributed by atoms with E-state index < -0.39 is 5.97 Å². The second kappa shape index (κ2) is 3.31. The summed E-state index contributed by atoms with van der Waals surface area (Å²) in [6, 6.07) is 4.99. The third-order valence-corrected chi connectivity index (χ3v) is 1.94. The lowest BCUT2D eigenvalue weighted by atomic mass is 10.1. The number of aromatic nitrogens is 1. The molecular weight excluding hydrogens is 206 g/mol. The van der Waals surface area contributed by atoms with Crippen molar-refractivity contribution in [3.63, 3.8) is 0 Å². The Bertz CT molecular complexity index is 492. The van der Waals surface area contributed by atoms with Crippen LogP contribution in [0.1, 0.15) is 5.56 Å². The van der Waals surface area contributed by atoms with Crippen molar-refractivity contribution in [2.75, 3.05) is 0 Å². The van der Waals surface area contributed by atoms with Gasteiger partial charge >= 0.3 is 5.97 Å². The van der Waals surface area contributed by atoms with Crippen molar-refractivity contribution in [2.24, 2.45) is 0 Å². The van der Waals surface area contributed by atoms with Crippen LogP contribution in [0.3, 0.4) is 0 Å². The quantitative estimate of drug-likeness (QED) is 0.826. The van der Waals surface area contributed by atoms with Crippen LogP contribution in [-0.2, 0) is 11.2 Å². The second-order valence-corrected chi connectivity index (χ2v) is 3.16. The topological polar surface area (TPSA) is 63.3 Å². The van der Waals surface area contributed by atoms with Gasteiger partial charge in [-0.1, -0.05) is 6.07 Å². The molecule has 0 bridgehead atoms. The molecule has 0 saturated carbocycles. The molecule has 2 aromatic rings. The predicted molar refractivity (Wildman–Crippen MR) is 50.4 cm³/mol. The molecule has 0 aliphatic heterocycles. The Morgan fingerprint density at radius 3 is 3.07 bits per heavy atom. The Balaban J connectivity index is 2.45. The summed E-state index contributed by atoms with van der Waals surface area (Å²) in [6.07, 6.45) is -0.0274. The number of nitrogens with zero attached hydrogens (tertiary/aromatic N) is 1. The number of halogens is 1. The van der Waals surface area contributed by atoms with E-state index in [0.29, 0.717) is 16.7 Å². The van der Waals surface area contributed by atoms with Crippen molar-refractivity contribution < 1.29 is 14.3 Å². The van der Waals surface area contributed by atoms with Crippen molar-refractivity contribution in [3.8, 4) is 0 Å². The second-order valence-electron chi connectivity index (χ2n) is 2.84. The van der Waals surface area contributed by atoms with Crippen molar-refractivity contribution in [3.05, 3.63) is 29.1 Å². The number of fused-ring (bicyclic) bond motifs is 1. The number of hydrogen-bond donors (Lipinski definition) is 1. The third kappa shape index (κ3) is 1.70. The van der Waals surface area contributed by atoms with Gasteiger partial charge in [-0.05, 0) is 29.3 Å². The summed E-state index contributed by atoms with van der Waals surface area (Å²) in [7, 11) is 0. The Kier molecular flexibility index (Phi) is 2.13. The van der Waals surface area contributed by atoms with E-state index in [1.165, 1.54) is 0 Å². The number of carboxylic acid groups (broad SMARTS) is 1. The lowest BCUT2D eigenvalue weighted by Crippen LogP contribution is -1.99. The highest BCUT2D eigenvalue weighted by Gasteiger charge is 2.06. The van der Waals surface area contributed by atoms with Gasteiger partial charge in [0.15, 0.2) is 5.58 Å². The molecule has 1 aromatic heterocycles. The van der Waals surface area contributed by atoms with E-state index in [4.69, 9.17) is 21.1 Å². The van der Waals surface area contributed by atoms with Crippen LogP contribution in [0, 0.1) is 0 Å².